The van der Waals surface area contributed by atoms with Crippen LogP contribution in [-0.4, -0.2) is 83.4 Å². The van der Waals surface area contributed by atoms with Crippen LogP contribution in [0.3, 0.4) is 0 Å². The average molecular weight is 334 g/mol. The number of aromatic amines is 1. The lowest BCUT2D eigenvalue weighted by Crippen LogP contribution is -2.61. The van der Waals surface area contributed by atoms with E-state index in [1.807, 2.05) is 4.90 Å². The molecule has 1 N–H and O–H groups in total. The summed E-state index contributed by atoms with van der Waals surface area (Å²) in [6, 6.07) is 1.66. The van der Waals surface area contributed by atoms with E-state index in [0.29, 0.717) is 44.5 Å². The van der Waals surface area contributed by atoms with Gasteiger partial charge in [-0.1, -0.05) is 0 Å². The molecule has 1 spiro atoms. The fourth-order valence-electron chi connectivity index (χ4n) is 3.37. The summed E-state index contributed by atoms with van der Waals surface area (Å²) in [5, 5.41) is 6.55. The maximum Gasteiger partial charge on any atom is 0.272 e. The van der Waals surface area contributed by atoms with Gasteiger partial charge in [-0.2, -0.15) is 5.10 Å². The maximum absolute atomic E-state index is 12.6. The minimum Gasteiger partial charge on any atom is -0.376 e. The van der Waals surface area contributed by atoms with Crippen LogP contribution in [0.1, 0.15) is 23.3 Å². The standard InChI is InChI=1S/C16H22N4O4/c21-14-8-24-16(10-20(14)7-12-1-2-12)9-19(5-6-23-11-16)15(22)13-3-4-17-18-13/h3-4,12H,1-2,5-11H2,(H,17,18). The fourth-order valence-corrected chi connectivity index (χ4v) is 3.37. The van der Waals surface area contributed by atoms with E-state index < -0.39 is 5.60 Å². The highest BCUT2D eigenvalue weighted by molar-refractivity contribution is 5.92. The number of H-pyrrole nitrogens is 1. The van der Waals surface area contributed by atoms with Crippen molar-refractivity contribution in [3.05, 3.63) is 18.0 Å². The molecular formula is C16H22N4O4. The Morgan fingerprint density at radius 1 is 1.42 bits per heavy atom. The van der Waals surface area contributed by atoms with Crippen LogP contribution in [0.5, 0.6) is 0 Å². The van der Waals surface area contributed by atoms with Gasteiger partial charge in [0.15, 0.2) is 0 Å². The van der Waals surface area contributed by atoms with E-state index in [0.717, 1.165) is 6.54 Å². The lowest BCUT2D eigenvalue weighted by atomic mass is 10.0. The van der Waals surface area contributed by atoms with Gasteiger partial charge in [-0.3, -0.25) is 14.7 Å². The Kier molecular flexibility index (Phi) is 4.01. The van der Waals surface area contributed by atoms with Gasteiger partial charge < -0.3 is 19.3 Å². The van der Waals surface area contributed by atoms with Crippen LogP contribution in [-0.2, 0) is 14.3 Å². The zero-order valence-electron chi connectivity index (χ0n) is 13.6. The number of rotatable bonds is 3. The number of carbonyl (C=O) groups is 2. The molecule has 130 valence electrons. The summed E-state index contributed by atoms with van der Waals surface area (Å²) in [5.41, 5.74) is -0.191. The van der Waals surface area contributed by atoms with Gasteiger partial charge in [0.05, 0.1) is 26.3 Å². The third-order valence-corrected chi connectivity index (χ3v) is 4.88. The van der Waals surface area contributed by atoms with Gasteiger partial charge in [0, 0.05) is 19.3 Å². The first-order chi connectivity index (χ1) is 11.7. The molecule has 1 aromatic rings. The zero-order chi connectivity index (χ0) is 16.6. The summed E-state index contributed by atoms with van der Waals surface area (Å²) in [6.45, 7) is 3.10. The summed E-state index contributed by atoms with van der Waals surface area (Å²) in [4.78, 5) is 28.4. The molecule has 0 bridgehead atoms. The van der Waals surface area contributed by atoms with E-state index >= 15 is 0 Å². The van der Waals surface area contributed by atoms with Gasteiger partial charge in [-0.15, -0.1) is 0 Å². The molecule has 3 heterocycles. The molecule has 8 nitrogen and oxygen atoms in total. The number of ether oxygens (including phenoxy) is 2. The third-order valence-electron chi connectivity index (χ3n) is 4.88. The topological polar surface area (TPSA) is 87.8 Å². The molecule has 1 aliphatic carbocycles. The summed E-state index contributed by atoms with van der Waals surface area (Å²) in [6.07, 6.45) is 3.95. The molecule has 1 unspecified atom stereocenters. The first-order valence-corrected chi connectivity index (χ1v) is 8.43. The monoisotopic (exact) mass is 334 g/mol. The number of hydrogen-bond donors (Lipinski definition) is 1. The Labute approximate surface area is 140 Å². The number of nitrogens with one attached hydrogen (secondary N) is 1. The minimum absolute atomic E-state index is 0.0308. The van der Waals surface area contributed by atoms with Crippen molar-refractivity contribution >= 4 is 11.8 Å². The third kappa shape index (κ3) is 3.16. The second kappa shape index (κ2) is 6.18. The fraction of sp³-hybridized carbons (Fsp3) is 0.688. The van der Waals surface area contributed by atoms with Crippen LogP contribution in [0.4, 0.5) is 0 Å². The Bertz CT molecular complexity index is 616. The lowest BCUT2D eigenvalue weighted by Gasteiger charge is -2.43. The molecule has 8 heteroatoms. The van der Waals surface area contributed by atoms with Gasteiger partial charge in [0.2, 0.25) is 5.91 Å². The highest BCUT2D eigenvalue weighted by Gasteiger charge is 2.45. The largest absolute Gasteiger partial charge is 0.376 e. The van der Waals surface area contributed by atoms with E-state index in [4.69, 9.17) is 9.47 Å². The number of morpholine rings is 1. The maximum atomic E-state index is 12.6. The molecule has 1 saturated carbocycles. The molecule has 2 saturated heterocycles. The van der Waals surface area contributed by atoms with Crippen molar-refractivity contribution in [3.8, 4) is 0 Å². The highest BCUT2D eigenvalue weighted by atomic mass is 16.6. The first-order valence-electron chi connectivity index (χ1n) is 8.43. The van der Waals surface area contributed by atoms with Crippen molar-refractivity contribution in [1.82, 2.24) is 20.0 Å². The van der Waals surface area contributed by atoms with E-state index in [-0.39, 0.29) is 18.4 Å². The second-order valence-electron chi connectivity index (χ2n) is 6.94. The number of nitrogens with zero attached hydrogens (tertiary/aromatic N) is 3. The summed E-state index contributed by atoms with van der Waals surface area (Å²) in [7, 11) is 0. The second-order valence-corrected chi connectivity index (χ2v) is 6.94. The van der Waals surface area contributed by atoms with Crippen molar-refractivity contribution in [2.45, 2.75) is 18.4 Å². The van der Waals surface area contributed by atoms with Crippen molar-refractivity contribution in [1.29, 1.82) is 0 Å². The Hall–Kier alpha value is -1.93. The quantitative estimate of drug-likeness (QED) is 0.833. The summed E-state index contributed by atoms with van der Waals surface area (Å²) < 4.78 is 11.6. The molecule has 1 atom stereocenters. The normalized spacial score (nSPS) is 28.2. The van der Waals surface area contributed by atoms with Crippen molar-refractivity contribution < 1.29 is 19.1 Å². The van der Waals surface area contributed by atoms with E-state index in [1.165, 1.54) is 12.8 Å². The Balaban J connectivity index is 1.50. The van der Waals surface area contributed by atoms with Gasteiger partial charge in [-0.05, 0) is 24.8 Å². The van der Waals surface area contributed by atoms with Crippen LogP contribution in [0, 0.1) is 5.92 Å². The number of amides is 2. The van der Waals surface area contributed by atoms with Crippen molar-refractivity contribution in [3.63, 3.8) is 0 Å². The molecule has 2 amide bonds. The van der Waals surface area contributed by atoms with E-state index in [1.54, 1.807) is 17.2 Å². The van der Waals surface area contributed by atoms with Gasteiger partial charge in [0.1, 0.15) is 17.9 Å². The predicted molar refractivity (Wildman–Crippen MR) is 83.3 cm³/mol. The molecule has 3 fully saturated rings. The number of hydrogen-bond acceptors (Lipinski definition) is 5. The van der Waals surface area contributed by atoms with E-state index in [9.17, 15) is 9.59 Å². The van der Waals surface area contributed by atoms with Crippen LogP contribution in [0.2, 0.25) is 0 Å². The summed E-state index contributed by atoms with van der Waals surface area (Å²) in [5.74, 6) is 0.536. The lowest BCUT2D eigenvalue weighted by molar-refractivity contribution is -0.172. The van der Waals surface area contributed by atoms with Crippen molar-refractivity contribution in [2.24, 2.45) is 5.92 Å². The molecule has 1 aromatic heterocycles. The molecular weight excluding hydrogens is 312 g/mol. The zero-order valence-corrected chi connectivity index (χ0v) is 13.6. The average Bonchev–Trinajstić information content (AvgIpc) is 3.27. The first kappa shape index (κ1) is 15.6. The molecule has 4 rings (SSSR count). The molecule has 24 heavy (non-hydrogen) atoms. The smallest absolute Gasteiger partial charge is 0.272 e. The molecule has 0 radical (unpaired) electrons. The van der Waals surface area contributed by atoms with E-state index in [2.05, 4.69) is 10.2 Å². The molecule has 3 aliphatic rings. The predicted octanol–water partition coefficient (Wildman–Crippen LogP) is -0.110. The SMILES string of the molecule is O=C1COC2(COCCN(C(=O)c3ccn[nH]3)C2)CN1CC1CC1. The Morgan fingerprint density at radius 2 is 2.29 bits per heavy atom. The summed E-state index contributed by atoms with van der Waals surface area (Å²) >= 11 is 0. The van der Waals surface area contributed by atoms with Crippen LogP contribution in [0.15, 0.2) is 12.3 Å². The van der Waals surface area contributed by atoms with Gasteiger partial charge >= 0.3 is 0 Å². The molecule has 2 aliphatic heterocycles. The highest BCUT2D eigenvalue weighted by Crippen LogP contribution is 2.32. The van der Waals surface area contributed by atoms with Gasteiger partial charge in [-0.25, -0.2) is 0 Å². The number of carbonyl (C=O) groups excluding carboxylic acids is 2. The Morgan fingerprint density at radius 3 is 3.04 bits per heavy atom. The molecule has 0 aromatic carbocycles. The van der Waals surface area contributed by atoms with Crippen LogP contribution in [0.25, 0.3) is 0 Å². The van der Waals surface area contributed by atoms with Crippen LogP contribution < -0.4 is 0 Å². The van der Waals surface area contributed by atoms with Crippen molar-refractivity contribution in [2.75, 3.05) is 46.0 Å². The minimum atomic E-state index is -0.644. The number of aromatic nitrogens is 2. The van der Waals surface area contributed by atoms with Gasteiger partial charge in [0.25, 0.3) is 5.91 Å². The van der Waals surface area contributed by atoms with Crippen LogP contribution >= 0.6 is 0 Å².